The number of carbonyl (C=O) groups excluding carboxylic acids is 3. The molecule has 0 bridgehead atoms. The Balaban J connectivity index is 1.73. The molecule has 0 unspecified atom stereocenters. The van der Waals surface area contributed by atoms with Gasteiger partial charge < -0.3 is 14.4 Å². The third-order valence-electron chi connectivity index (χ3n) is 3.95. The number of nitrogens with zero attached hydrogens (tertiary/aromatic N) is 1. The van der Waals surface area contributed by atoms with Crippen LogP contribution in [0.1, 0.15) is 39.2 Å². The lowest BCUT2D eigenvalue weighted by Gasteiger charge is -2.31. The second-order valence-corrected chi connectivity index (χ2v) is 7.29. The molecule has 1 fully saturated rings. The SMILES string of the molecule is CC(C)(C)OC(=O)NC(=O)N1CCC(C(=O)OCc2ccccc2)CC1. The van der Waals surface area contributed by atoms with Crippen molar-refractivity contribution in [3.63, 3.8) is 0 Å². The molecule has 0 spiro atoms. The maximum atomic E-state index is 12.2. The Kier molecular flexibility index (Phi) is 6.60. The molecule has 142 valence electrons. The Morgan fingerprint density at radius 1 is 1.12 bits per heavy atom. The van der Waals surface area contributed by atoms with E-state index in [0.29, 0.717) is 25.9 Å². The van der Waals surface area contributed by atoms with E-state index in [1.807, 2.05) is 30.3 Å². The smallest absolute Gasteiger partial charge is 0.415 e. The predicted molar refractivity (Wildman–Crippen MR) is 95.3 cm³/mol. The summed E-state index contributed by atoms with van der Waals surface area (Å²) in [6.07, 6.45) is 0.247. The minimum atomic E-state index is -0.771. The summed E-state index contributed by atoms with van der Waals surface area (Å²) in [5.41, 5.74) is 0.273. The molecule has 1 aromatic carbocycles. The van der Waals surface area contributed by atoms with Gasteiger partial charge in [0, 0.05) is 13.1 Å². The maximum Gasteiger partial charge on any atom is 0.415 e. The minimum Gasteiger partial charge on any atom is -0.461 e. The number of likely N-dealkylation sites (tertiary alicyclic amines) is 1. The summed E-state index contributed by atoms with van der Waals surface area (Å²) in [5.74, 6) is -0.481. The average molecular weight is 362 g/mol. The van der Waals surface area contributed by atoms with Crippen LogP contribution in [0.2, 0.25) is 0 Å². The summed E-state index contributed by atoms with van der Waals surface area (Å²) in [5, 5.41) is 2.21. The van der Waals surface area contributed by atoms with Crippen LogP contribution < -0.4 is 5.32 Å². The third-order valence-corrected chi connectivity index (χ3v) is 3.95. The third kappa shape index (κ3) is 6.38. The predicted octanol–water partition coefficient (Wildman–Crippen LogP) is 3.09. The highest BCUT2D eigenvalue weighted by molar-refractivity contribution is 5.91. The number of urea groups is 1. The van der Waals surface area contributed by atoms with Gasteiger partial charge in [0.2, 0.25) is 0 Å². The van der Waals surface area contributed by atoms with Crippen LogP contribution in [0.5, 0.6) is 0 Å². The largest absolute Gasteiger partial charge is 0.461 e. The number of ether oxygens (including phenoxy) is 2. The molecular formula is C19H26N2O5. The molecule has 2 rings (SSSR count). The summed E-state index contributed by atoms with van der Waals surface area (Å²) in [4.78, 5) is 37.4. The molecule has 1 aliphatic heterocycles. The molecule has 1 saturated heterocycles. The number of hydrogen-bond donors (Lipinski definition) is 1. The van der Waals surface area contributed by atoms with Crippen molar-refractivity contribution in [2.24, 2.45) is 5.92 Å². The van der Waals surface area contributed by atoms with Gasteiger partial charge in [0.1, 0.15) is 12.2 Å². The fourth-order valence-corrected chi connectivity index (χ4v) is 2.63. The number of nitrogens with one attached hydrogen (secondary N) is 1. The molecule has 1 heterocycles. The molecule has 0 radical (unpaired) electrons. The zero-order chi connectivity index (χ0) is 19.2. The molecule has 26 heavy (non-hydrogen) atoms. The zero-order valence-electron chi connectivity index (χ0n) is 15.5. The van der Waals surface area contributed by atoms with E-state index in [4.69, 9.17) is 9.47 Å². The van der Waals surface area contributed by atoms with Gasteiger partial charge in [-0.05, 0) is 39.2 Å². The van der Waals surface area contributed by atoms with E-state index in [9.17, 15) is 14.4 Å². The number of piperidine rings is 1. The number of amides is 3. The minimum absolute atomic E-state index is 0.232. The van der Waals surface area contributed by atoms with Gasteiger partial charge in [0.25, 0.3) is 0 Å². The summed E-state index contributed by atoms with van der Waals surface area (Å²) in [7, 11) is 0. The lowest BCUT2D eigenvalue weighted by molar-refractivity contribution is -0.151. The number of imide groups is 1. The monoisotopic (exact) mass is 362 g/mol. The normalized spacial score (nSPS) is 15.3. The quantitative estimate of drug-likeness (QED) is 0.835. The van der Waals surface area contributed by atoms with Gasteiger partial charge in [-0.2, -0.15) is 0 Å². The highest BCUT2D eigenvalue weighted by Crippen LogP contribution is 2.19. The first-order chi connectivity index (χ1) is 12.2. The molecular weight excluding hydrogens is 336 g/mol. The first-order valence-electron chi connectivity index (χ1n) is 8.74. The first-order valence-corrected chi connectivity index (χ1v) is 8.74. The lowest BCUT2D eigenvalue weighted by Crippen LogP contribution is -2.48. The van der Waals surface area contributed by atoms with Crippen LogP contribution in [0, 0.1) is 5.92 Å². The standard InChI is InChI=1S/C19H26N2O5/c1-19(2,3)26-18(24)20-17(23)21-11-9-15(10-12-21)16(22)25-13-14-7-5-4-6-8-14/h4-8,15H,9-13H2,1-3H3,(H,20,23,24). The van der Waals surface area contributed by atoms with Gasteiger partial charge in [-0.3, -0.25) is 4.79 Å². The number of alkyl carbamates (subject to hydrolysis) is 1. The van der Waals surface area contributed by atoms with Crippen molar-refractivity contribution in [3.8, 4) is 0 Å². The first kappa shape index (κ1) is 19.8. The highest BCUT2D eigenvalue weighted by atomic mass is 16.6. The molecule has 0 atom stereocenters. The number of benzene rings is 1. The highest BCUT2D eigenvalue weighted by Gasteiger charge is 2.29. The fourth-order valence-electron chi connectivity index (χ4n) is 2.63. The van der Waals surface area contributed by atoms with Crippen molar-refractivity contribution < 1.29 is 23.9 Å². The molecule has 7 nitrogen and oxygen atoms in total. The molecule has 7 heteroatoms. The van der Waals surface area contributed by atoms with Crippen molar-refractivity contribution in [3.05, 3.63) is 35.9 Å². The van der Waals surface area contributed by atoms with Crippen molar-refractivity contribution in [1.29, 1.82) is 0 Å². The summed E-state index contributed by atoms with van der Waals surface area (Å²) in [6.45, 7) is 6.20. The van der Waals surface area contributed by atoms with E-state index >= 15 is 0 Å². The average Bonchev–Trinajstić information content (AvgIpc) is 2.59. The Labute approximate surface area is 153 Å². The fraction of sp³-hybridized carbons (Fsp3) is 0.526. The Bertz CT molecular complexity index is 631. The van der Waals surface area contributed by atoms with Crippen LogP contribution in [0.4, 0.5) is 9.59 Å². The van der Waals surface area contributed by atoms with E-state index in [-0.39, 0.29) is 18.5 Å². The van der Waals surface area contributed by atoms with Gasteiger partial charge in [-0.25, -0.2) is 14.9 Å². The molecule has 0 aliphatic carbocycles. The van der Waals surface area contributed by atoms with Crippen molar-refractivity contribution >= 4 is 18.1 Å². The number of carbonyl (C=O) groups is 3. The second kappa shape index (κ2) is 8.69. The Hall–Kier alpha value is -2.57. The van der Waals surface area contributed by atoms with Crippen molar-refractivity contribution in [2.75, 3.05) is 13.1 Å². The number of rotatable bonds is 3. The van der Waals surface area contributed by atoms with E-state index in [0.717, 1.165) is 5.56 Å². The lowest BCUT2D eigenvalue weighted by atomic mass is 9.97. The van der Waals surface area contributed by atoms with E-state index in [1.54, 1.807) is 20.8 Å². The van der Waals surface area contributed by atoms with Gasteiger partial charge in [-0.1, -0.05) is 30.3 Å². The van der Waals surface area contributed by atoms with Crippen molar-refractivity contribution in [1.82, 2.24) is 10.2 Å². The second-order valence-electron chi connectivity index (χ2n) is 7.29. The van der Waals surface area contributed by atoms with E-state index in [2.05, 4.69) is 5.32 Å². The van der Waals surface area contributed by atoms with Gasteiger partial charge in [-0.15, -0.1) is 0 Å². The molecule has 1 aliphatic rings. The van der Waals surface area contributed by atoms with Gasteiger partial charge in [0.05, 0.1) is 5.92 Å². The summed E-state index contributed by atoms with van der Waals surface area (Å²) >= 11 is 0. The zero-order valence-corrected chi connectivity index (χ0v) is 15.5. The van der Waals surface area contributed by atoms with Crippen LogP contribution in [0.15, 0.2) is 30.3 Å². The number of hydrogen-bond acceptors (Lipinski definition) is 5. The topological polar surface area (TPSA) is 84.9 Å². The van der Waals surface area contributed by atoms with Crippen LogP contribution in [-0.4, -0.2) is 41.7 Å². The molecule has 0 aromatic heterocycles. The Morgan fingerprint density at radius 2 is 1.73 bits per heavy atom. The van der Waals surface area contributed by atoms with Crippen LogP contribution in [0.25, 0.3) is 0 Å². The number of esters is 1. The van der Waals surface area contributed by atoms with Crippen LogP contribution in [-0.2, 0) is 20.9 Å². The summed E-state index contributed by atoms with van der Waals surface area (Å²) < 4.78 is 10.4. The van der Waals surface area contributed by atoms with Gasteiger partial charge >= 0.3 is 18.1 Å². The molecule has 1 N–H and O–H groups in total. The molecule has 0 saturated carbocycles. The molecule has 1 aromatic rings. The maximum absolute atomic E-state index is 12.2. The molecule has 3 amide bonds. The van der Waals surface area contributed by atoms with Crippen LogP contribution >= 0.6 is 0 Å². The van der Waals surface area contributed by atoms with E-state index in [1.165, 1.54) is 4.90 Å². The van der Waals surface area contributed by atoms with Gasteiger partial charge in [0.15, 0.2) is 0 Å². The Morgan fingerprint density at radius 3 is 2.31 bits per heavy atom. The van der Waals surface area contributed by atoms with E-state index < -0.39 is 17.7 Å². The van der Waals surface area contributed by atoms with Crippen molar-refractivity contribution in [2.45, 2.75) is 45.8 Å². The summed E-state index contributed by atoms with van der Waals surface area (Å²) in [6, 6.07) is 8.99. The van der Waals surface area contributed by atoms with Crippen LogP contribution in [0.3, 0.4) is 0 Å².